The molecular weight excluding hydrogens is 318 g/mol. The molecule has 0 bridgehead atoms. The molecular formula is C16H18ClN3OS. The minimum absolute atomic E-state index is 0.00769. The number of carbonyl (C=O) groups excluding carboxylic acids is 1. The van der Waals surface area contributed by atoms with Gasteiger partial charge in [-0.15, -0.1) is 11.3 Å². The van der Waals surface area contributed by atoms with Crippen LogP contribution < -0.4 is 0 Å². The average molecular weight is 336 g/mol. The number of aromatic nitrogens is 2. The van der Waals surface area contributed by atoms with Crippen molar-refractivity contribution >= 4 is 28.8 Å². The summed E-state index contributed by atoms with van der Waals surface area (Å²) in [6.45, 7) is 5.58. The molecule has 0 aliphatic carbocycles. The number of pyridine rings is 1. The van der Waals surface area contributed by atoms with Gasteiger partial charge in [0.25, 0.3) is 5.91 Å². The molecule has 6 heteroatoms. The molecule has 1 saturated heterocycles. The van der Waals surface area contributed by atoms with E-state index in [-0.39, 0.29) is 11.3 Å². The van der Waals surface area contributed by atoms with E-state index in [1.807, 2.05) is 24.0 Å². The predicted molar refractivity (Wildman–Crippen MR) is 88.6 cm³/mol. The lowest BCUT2D eigenvalue weighted by Gasteiger charge is -2.38. The fourth-order valence-electron chi connectivity index (χ4n) is 2.81. The van der Waals surface area contributed by atoms with E-state index in [9.17, 15) is 4.79 Å². The standard InChI is InChI=1S/C16H18ClN3OS/c1-11-4-3-7-18-13(11)14(21)20-8-5-16(2,6-9-20)15-19-10-12(17)22-15/h3-4,7,10H,5-6,8-9H2,1-2H3. The predicted octanol–water partition coefficient (Wildman–Crippen LogP) is 3.69. The van der Waals surface area contributed by atoms with Crippen LogP contribution in [0.2, 0.25) is 4.34 Å². The maximum absolute atomic E-state index is 12.6. The molecule has 1 amide bonds. The zero-order valence-electron chi connectivity index (χ0n) is 12.7. The minimum Gasteiger partial charge on any atom is -0.337 e. The molecule has 3 rings (SSSR count). The summed E-state index contributed by atoms with van der Waals surface area (Å²) >= 11 is 7.54. The summed E-state index contributed by atoms with van der Waals surface area (Å²) in [4.78, 5) is 23.2. The Morgan fingerprint density at radius 3 is 2.68 bits per heavy atom. The summed E-state index contributed by atoms with van der Waals surface area (Å²) in [5.74, 6) is 0.0253. The number of hydrogen-bond acceptors (Lipinski definition) is 4. The number of nitrogens with zero attached hydrogens (tertiary/aromatic N) is 3. The van der Waals surface area contributed by atoms with E-state index in [0.717, 1.165) is 40.8 Å². The number of thiazole rings is 1. The molecule has 3 heterocycles. The highest BCUT2D eigenvalue weighted by Crippen LogP contribution is 2.38. The van der Waals surface area contributed by atoms with Crippen LogP contribution in [0.4, 0.5) is 0 Å². The number of hydrogen-bond donors (Lipinski definition) is 0. The second kappa shape index (κ2) is 5.97. The first-order chi connectivity index (χ1) is 10.5. The van der Waals surface area contributed by atoms with Gasteiger partial charge in [-0.3, -0.25) is 9.78 Å². The van der Waals surface area contributed by atoms with Crippen LogP contribution in [0.1, 0.15) is 40.8 Å². The monoisotopic (exact) mass is 335 g/mol. The van der Waals surface area contributed by atoms with E-state index in [1.54, 1.807) is 23.7 Å². The largest absolute Gasteiger partial charge is 0.337 e. The Hall–Kier alpha value is -1.46. The smallest absolute Gasteiger partial charge is 0.272 e. The van der Waals surface area contributed by atoms with Crippen LogP contribution in [-0.4, -0.2) is 33.9 Å². The van der Waals surface area contributed by atoms with Gasteiger partial charge < -0.3 is 4.90 Å². The Balaban J connectivity index is 1.72. The Bertz CT molecular complexity index is 692. The summed E-state index contributed by atoms with van der Waals surface area (Å²) in [5, 5.41) is 1.07. The Morgan fingerprint density at radius 2 is 2.09 bits per heavy atom. The topological polar surface area (TPSA) is 46.1 Å². The summed E-state index contributed by atoms with van der Waals surface area (Å²) < 4.78 is 0.721. The first-order valence-corrected chi connectivity index (χ1v) is 8.52. The van der Waals surface area contributed by atoms with Crippen molar-refractivity contribution in [3.8, 4) is 0 Å². The number of amides is 1. The molecule has 0 saturated carbocycles. The summed E-state index contributed by atoms with van der Waals surface area (Å²) in [6.07, 6.45) is 5.18. The van der Waals surface area contributed by atoms with Crippen molar-refractivity contribution in [2.75, 3.05) is 13.1 Å². The molecule has 2 aromatic rings. The van der Waals surface area contributed by atoms with Gasteiger partial charge in [0.1, 0.15) is 15.0 Å². The lowest BCUT2D eigenvalue weighted by Crippen LogP contribution is -2.44. The SMILES string of the molecule is Cc1cccnc1C(=O)N1CCC(C)(c2ncc(Cl)s2)CC1. The van der Waals surface area contributed by atoms with Gasteiger partial charge in [-0.2, -0.15) is 0 Å². The lowest BCUT2D eigenvalue weighted by molar-refractivity contribution is 0.0669. The van der Waals surface area contributed by atoms with E-state index in [1.165, 1.54) is 0 Å². The van der Waals surface area contributed by atoms with Crippen molar-refractivity contribution in [1.82, 2.24) is 14.9 Å². The molecule has 0 N–H and O–H groups in total. The number of rotatable bonds is 2. The van der Waals surface area contributed by atoms with Crippen molar-refractivity contribution in [2.45, 2.75) is 32.1 Å². The van der Waals surface area contributed by atoms with E-state index >= 15 is 0 Å². The second-order valence-electron chi connectivity index (χ2n) is 5.99. The van der Waals surface area contributed by atoms with Gasteiger partial charge in [0, 0.05) is 24.7 Å². The van der Waals surface area contributed by atoms with Crippen molar-refractivity contribution in [3.05, 3.63) is 45.1 Å². The molecule has 0 unspecified atom stereocenters. The highest BCUT2D eigenvalue weighted by atomic mass is 35.5. The maximum atomic E-state index is 12.6. The van der Waals surface area contributed by atoms with Crippen molar-refractivity contribution in [2.24, 2.45) is 0 Å². The van der Waals surface area contributed by atoms with Gasteiger partial charge >= 0.3 is 0 Å². The van der Waals surface area contributed by atoms with Gasteiger partial charge in [0.15, 0.2) is 0 Å². The third kappa shape index (κ3) is 2.88. The molecule has 0 radical (unpaired) electrons. The molecule has 2 aromatic heterocycles. The number of halogens is 1. The van der Waals surface area contributed by atoms with E-state index in [2.05, 4.69) is 16.9 Å². The normalized spacial score (nSPS) is 17.5. The molecule has 1 aliphatic heterocycles. The average Bonchev–Trinajstić information content (AvgIpc) is 2.95. The molecule has 0 spiro atoms. The molecule has 0 atom stereocenters. The third-order valence-corrected chi connectivity index (χ3v) is 5.78. The fraction of sp³-hybridized carbons (Fsp3) is 0.438. The summed E-state index contributed by atoms with van der Waals surface area (Å²) in [5.41, 5.74) is 1.49. The van der Waals surface area contributed by atoms with Crippen LogP contribution in [0.25, 0.3) is 0 Å². The molecule has 4 nitrogen and oxygen atoms in total. The minimum atomic E-state index is 0.00769. The van der Waals surface area contributed by atoms with Crippen LogP contribution in [0.15, 0.2) is 24.5 Å². The highest BCUT2D eigenvalue weighted by Gasteiger charge is 2.36. The summed E-state index contributed by atoms with van der Waals surface area (Å²) in [7, 11) is 0. The fourth-order valence-corrected chi connectivity index (χ4v) is 3.92. The Kier molecular flexibility index (Phi) is 4.19. The van der Waals surface area contributed by atoms with Crippen molar-refractivity contribution < 1.29 is 4.79 Å². The Labute approximate surface area is 139 Å². The van der Waals surface area contributed by atoms with Crippen LogP contribution in [0.3, 0.4) is 0 Å². The molecule has 1 aliphatic rings. The number of aryl methyl sites for hydroxylation is 1. The zero-order chi connectivity index (χ0) is 15.7. The summed E-state index contributed by atoms with van der Waals surface area (Å²) in [6, 6.07) is 3.78. The van der Waals surface area contributed by atoms with E-state index in [4.69, 9.17) is 11.6 Å². The van der Waals surface area contributed by atoms with Gasteiger partial charge in [-0.25, -0.2) is 4.98 Å². The van der Waals surface area contributed by atoms with E-state index < -0.39 is 0 Å². The first kappa shape index (κ1) is 15.4. The molecule has 22 heavy (non-hydrogen) atoms. The van der Waals surface area contributed by atoms with Crippen LogP contribution >= 0.6 is 22.9 Å². The molecule has 0 aromatic carbocycles. The van der Waals surface area contributed by atoms with Crippen LogP contribution in [0.5, 0.6) is 0 Å². The van der Waals surface area contributed by atoms with Gasteiger partial charge in [0.2, 0.25) is 0 Å². The first-order valence-electron chi connectivity index (χ1n) is 7.32. The Morgan fingerprint density at radius 1 is 1.36 bits per heavy atom. The highest BCUT2D eigenvalue weighted by molar-refractivity contribution is 7.15. The number of piperidine rings is 1. The van der Waals surface area contributed by atoms with E-state index in [0.29, 0.717) is 5.69 Å². The van der Waals surface area contributed by atoms with Crippen LogP contribution in [0, 0.1) is 6.92 Å². The van der Waals surface area contributed by atoms with Gasteiger partial charge in [-0.1, -0.05) is 24.6 Å². The van der Waals surface area contributed by atoms with Crippen molar-refractivity contribution in [3.63, 3.8) is 0 Å². The van der Waals surface area contributed by atoms with Gasteiger partial charge in [-0.05, 0) is 31.4 Å². The lowest BCUT2D eigenvalue weighted by atomic mass is 9.81. The van der Waals surface area contributed by atoms with Gasteiger partial charge in [0.05, 0.1) is 6.20 Å². The zero-order valence-corrected chi connectivity index (χ0v) is 14.2. The second-order valence-corrected chi connectivity index (χ2v) is 7.65. The maximum Gasteiger partial charge on any atom is 0.272 e. The molecule has 1 fully saturated rings. The third-order valence-electron chi connectivity index (χ3n) is 4.36. The quantitative estimate of drug-likeness (QED) is 0.840. The number of carbonyl (C=O) groups is 1. The van der Waals surface area contributed by atoms with Crippen LogP contribution in [-0.2, 0) is 5.41 Å². The van der Waals surface area contributed by atoms with Crippen molar-refractivity contribution in [1.29, 1.82) is 0 Å². The number of likely N-dealkylation sites (tertiary alicyclic amines) is 1. The molecule has 116 valence electrons.